The first-order valence-corrected chi connectivity index (χ1v) is 5.46. The maximum absolute atomic E-state index is 11.4. The molecule has 1 aromatic heterocycles. The molecule has 2 nitrogen and oxygen atoms in total. The monoisotopic (exact) mass is 216 g/mol. The topological polar surface area (TPSA) is 26.3 Å². The average molecular weight is 217 g/mol. The van der Waals surface area contributed by atoms with Crippen LogP contribution < -0.4 is 0 Å². The predicted octanol–water partition coefficient (Wildman–Crippen LogP) is 3.11. The Labute approximate surface area is 85.5 Å². The lowest BCUT2D eigenvalue weighted by Crippen LogP contribution is -2.24. The van der Waals surface area contributed by atoms with Crippen molar-refractivity contribution in [1.29, 1.82) is 0 Å². The summed E-state index contributed by atoms with van der Waals surface area (Å²) in [7, 11) is 0. The first-order chi connectivity index (χ1) is 6.25. The van der Waals surface area contributed by atoms with Crippen LogP contribution >= 0.6 is 22.9 Å². The first kappa shape index (κ1) is 9.03. The molecular weight excluding hydrogens is 208 g/mol. The van der Waals surface area contributed by atoms with E-state index in [1.807, 2.05) is 0 Å². The lowest BCUT2D eigenvalue weighted by molar-refractivity contribution is 0.00907. The Morgan fingerprint density at radius 1 is 1.62 bits per heavy atom. The highest BCUT2D eigenvalue weighted by atomic mass is 35.5. The van der Waals surface area contributed by atoms with Crippen LogP contribution in [0.4, 0.5) is 0 Å². The van der Waals surface area contributed by atoms with Gasteiger partial charge in [-0.2, -0.15) is 0 Å². The van der Waals surface area contributed by atoms with Crippen LogP contribution in [0.2, 0.25) is 4.34 Å². The standard InChI is InChI=1S/C9H9ClO2S/c10-8-4-6(5-13-8)9(11)12-7-2-1-3-7/h4-5,7H,1-3H2. The zero-order valence-electron chi connectivity index (χ0n) is 6.96. The quantitative estimate of drug-likeness (QED) is 0.711. The van der Waals surface area contributed by atoms with Gasteiger partial charge in [0.05, 0.1) is 9.90 Å². The highest BCUT2D eigenvalue weighted by Crippen LogP contribution is 2.25. The van der Waals surface area contributed by atoms with E-state index in [2.05, 4.69) is 0 Å². The fraction of sp³-hybridized carbons (Fsp3) is 0.444. The van der Waals surface area contributed by atoms with Gasteiger partial charge in [-0.15, -0.1) is 11.3 Å². The lowest BCUT2D eigenvalue weighted by Gasteiger charge is -2.24. The van der Waals surface area contributed by atoms with E-state index in [9.17, 15) is 4.79 Å². The normalized spacial score (nSPS) is 16.7. The molecular formula is C9H9ClO2S. The van der Waals surface area contributed by atoms with Crippen molar-refractivity contribution in [3.8, 4) is 0 Å². The van der Waals surface area contributed by atoms with E-state index in [4.69, 9.17) is 16.3 Å². The smallest absolute Gasteiger partial charge is 0.339 e. The Morgan fingerprint density at radius 2 is 2.38 bits per heavy atom. The molecule has 1 heterocycles. The summed E-state index contributed by atoms with van der Waals surface area (Å²) in [5, 5.41) is 1.73. The van der Waals surface area contributed by atoms with E-state index in [0.717, 1.165) is 12.8 Å². The molecule has 0 atom stereocenters. The van der Waals surface area contributed by atoms with Gasteiger partial charge in [0.1, 0.15) is 6.10 Å². The molecule has 13 heavy (non-hydrogen) atoms. The Hall–Kier alpha value is -0.540. The molecule has 0 amide bonds. The minimum absolute atomic E-state index is 0.145. The number of halogens is 1. The maximum Gasteiger partial charge on any atom is 0.339 e. The molecule has 0 bridgehead atoms. The summed E-state index contributed by atoms with van der Waals surface area (Å²) in [5.41, 5.74) is 0.571. The van der Waals surface area contributed by atoms with E-state index in [0.29, 0.717) is 9.90 Å². The van der Waals surface area contributed by atoms with E-state index in [1.165, 1.54) is 17.8 Å². The van der Waals surface area contributed by atoms with Crippen molar-refractivity contribution in [2.75, 3.05) is 0 Å². The van der Waals surface area contributed by atoms with Gasteiger partial charge in [0, 0.05) is 5.38 Å². The van der Waals surface area contributed by atoms with Crippen LogP contribution in [-0.2, 0) is 4.74 Å². The number of hydrogen-bond acceptors (Lipinski definition) is 3. The van der Waals surface area contributed by atoms with Crippen molar-refractivity contribution in [3.05, 3.63) is 21.3 Å². The van der Waals surface area contributed by atoms with Crippen LogP contribution in [0.3, 0.4) is 0 Å². The second kappa shape index (κ2) is 3.68. The van der Waals surface area contributed by atoms with E-state index in [1.54, 1.807) is 11.4 Å². The molecule has 2 rings (SSSR count). The Morgan fingerprint density at radius 3 is 2.85 bits per heavy atom. The van der Waals surface area contributed by atoms with Gasteiger partial charge < -0.3 is 4.74 Å². The van der Waals surface area contributed by atoms with Crippen LogP contribution in [0.15, 0.2) is 11.4 Å². The SMILES string of the molecule is O=C(OC1CCC1)c1csc(Cl)c1. The minimum Gasteiger partial charge on any atom is -0.459 e. The summed E-state index contributed by atoms with van der Waals surface area (Å²) in [6.07, 6.45) is 3.32. The van der Waals surface area contributed by atoms with Crippen molar-refractivity contribution < 1.29 is 9.53 Å². The second-order valence-corrected chi connectivity index (χ2v) is 4.64. The van der Waals surface area contributed by atoms with E-state index >= 15 is 0 Å². The van der Waals surface area contributed by atoms with E-state index in [-0.39, 0.29) is 12.1 Å². The number of ether oxygens (including phenoxy) is 1. The number of rotatable bonds is 2. The molecule has 0 spiro atoms. The molecule has 0 saturated heterocycles. The van der Waals surface area contributed by atoms with Crippen LogP contribution in [0.5, 0.6) is 0 Å². The van der Waals surface area contributed by atoms with E-state index < -0.39 is 0 Å². The van der Waals surface area contributed by atoms with Crippen LogP contribution in [0.25, 0.3) is 0 Å². The molecule has 1 aliphatic carbocycles. The highest BCUT2D eigenvalue weighted by molar-refractivity contribution is 7.14. The van der Waals surface area contributed by atoms with Crippen LogP contribution in [0, 0.1) is 0 Å². The molecule has 1 fully saturated rings. The van der Waals surface area contributed by atoms with Crippen molar-refractivity contribution in [1.82, 2.24) is 0 Å². The fourth-order valence-electron chi connectivity index (χ4n) is 1.13. The van der Waals surface area contributed by atoms with Gasteiger partial charge in [-0.3, -0.25) is 0 Å². The lowest BCUT2D eigenvalue weighted by atomic mass is 9.96. The summed E-state index contributed by atoms with van der Waals surface area (Å²) in [5.74, 6) is -0.243. The van der Waals surface area contributed by atoms with Gasteiger partial charge in [-0.05, 0) is 25.3 Å². The molecule has 0 aromatic carbocycles. The van der Waals surface area contributed by atoms with Gasteiger partial charge in [-0.25, -0.2) is 4.79 Å². The molecule has 1 aliphatic rings. The zero-order valence-corrected chi connectivity index (χ0v) is 8.53. The molecule has 4 heteroatoms. The second-order valence-electron chi connectivity index (χ2n) is 3.10. The fourth-order valence-corrected chi connectivity index (χ4v) is 1.98. The Balaban J connectivity index is 1.96. The number of esters is 1. The maximum atomic E-state index is 11.4. The average Bonchev–Trinajstić information content (AvgIpc) is 2.44. The van der Waals surface area contributed by atoms with Crippen LogP contribution in [-0.4, -0.2) is 12.1 Å². The molecule has 70 valence electrons. The largest absolute Gasteiger partial charge is 0.459 e. The zero-order chi connectivity index (χ0) is 9.26. The molecule has 0 unspecified atom stereocenters. The molecule has 0 N–H and O–H groups in total. The van der Waals surface area contributed by atoms with Crippen molar-refractivity contribution in [2.24, 2.45) is 0 Å². The Kier molecular flexibility index (Phi) is 2.56. The van der Waals surface area contributed by atoms with Crippen molar-refractivity contribution >= 4 is 28.9 Å². The summed E-state index contributed by atoms with van der Waals surface area (Å²) in [4.78, 5) is 11.4. The third-order valence-electron chi connectivity index (χ3n) is 2.13. The Bertz CT molecular complexity index is 317. The van der Waals surface area contributed by atoms with Gasteiger partial charge in [0.15, 0.2) is 0 Å². The van der Waals surface area contributed by atoms with Crippen molar-refractivity contribution in [2.45, 2.75) is 25.4 Å². The summed E-state index contributed by atoms with van der Waals surface area (Å²) >= 11 is 7.05. The summed E-state index contributed by atoms with van der Waals surface area (Å²) in [6.45, 7) is 0. The van der Waals surface area contributed by atoms with Gasteiger partial charge in [-0.1, -0.05) is 11.6 Å². The van der Waals surface area contributed by atoms with Gasteiger partial charge in [0.2, 0.25) is 0 Å². The molecule has 1 saturated carbocycles. The number of thiophene rings is 1. The highest BCUT2D eigenvalue weighted by Gasteiger charge is 2.22. The number of carbonyl (C=O) groups excluding carboxylic acids is 1. The van der Waals surface area contributed by atoms with Crippen molar-refractivity contribution in [3.63, 3.8) is 0 Å². The number of hydrogen-bond donors (Lipinski definition) is 0. The third kappa shape index (κ3) is 2.03. The van der Waals surface area contributed by atoms with Gasteiger partial charge in [0.25, 0.3) is 0 Å². The summed E-state index contributed by atoms with van der Waals surface area (Å²) in [6, 6.07) is 1.65. The first-order valence-electron chi connectivity index (χ1n) is 4.21. The van der Waals surface area contributed by atoms with Gasteiger partial charge >= 0.3 is 5.97 Å². The number of carbonyl (C=O) groups is 1. The summed E-state index contributed by atoms with van der Waals surface area (Å²) < 4.78 is 5.82. The molecule has 0 aliphatic heterocycles. The van der Waals surface area contributed by atoms with Crippen LogP contribution in [0.1, 0.15) is 29.6 Å². The molecule has 0 radical (unpaired) electrons. The third-order valence-corrected chi connectivity index (χ3v) is 3.22. The predicted molar refractivity (Wildman–Crippen MR) is 52.4 cm³/mol. The molecule has 1 aromatic rings. The minimum atomic E-state index is -0.243.